The smallest absolute Gasteiger partial charge is 0.273 e. The molecule has 10 nitrogen and oxygen atoms in total. The second-order valence-corrected chi connectivity index (χ2v) is 11.9. The lowest BCUT2D eigenvalue weighted by molar-refractivity contribution is -0.385. The summed E-state index contributed by atoms with van der Waals surface area (Å²) in [5, 5.41) is 16.1. The van der Waals surface area contributed by atoms with E-state index in [1.165, 1.54) is 44.4 Å². The van der Waals surface area contributed by atoms with Crippen molar-refractivity contribution in [2.45, 2.75) is 24.7 Å². The molecule has 0 aromatic heterocycles. The molecule has 0 aliphatic heterocycles. The van der Waals surface area contributed by atoms with Gasteiger partial charge in [0.25, 0.3) is 21.6 Å². The molecule has 0 aliphatic carbocycles. The summed E-state index contributed by atoms with van der Waals surface area (Å²) in [5.74, 6) is -0.620. The molecule has 12 heteroatoms. The van der Waals surface area contributed by atoms with Crippen LogP contribution in [0.15, 0.2) is 107 Å². The molecular formula is C31H29ClN4O6S. The van der Waals surface area contributed by atoms with Crippen LogP contribution in [0, 0.1) is 17.0 Å². The molecular weight excluding hydrogens is 592 g/mol. The van der Waals surface area contributed by atoms with Crippen molar-refractivity contribution >= 4 is 44.6 Å². The summed E-state index contributed by atoms with van der Waals surface area (Å²) < 4.78 is 34.1. The minimum absolute atomic E-state index is 0.0221. The molecule has 0 heterocycles. The lowest BCUT2D eigenvalue weighted by atomic mass is 10.0. The van der Waals surface area contributed by atoms with Gasteiger partial charge in [0.1, 0.15) is 12.3 Å². The van der Waals surface area contributed by atoms with Gasteiger partial charge < -0.3 is 4.74 Å². The van der Waals surface area contributed by atoms with Crippen molar-refractivity contribution in [3.63, 3.8) is 0 Å². The van der Waals surface area contributed by atoms with E-state index in [4.69, 9.17) is 16.3 Å². The minimum Gasteiger partial charge on any atom is -0.495 e. The van der Waals surface area contributed by atoms with Gasteiger partial charge in [-0.05, 0) is 42.3 Å². The van der Waals surface area contributed by atoms with Gasteiger partial charge in [-0.1, -0.05) is 78.3 Å². The normalized spacial score (nSPS) is 11.0. The van der Waals surface area contributed by atoms with Crippen LogP contribution in [0.4, 0.5) is 11.4 Å². The molecule has 0 bridgehead atoms. The third-order valence-corrected chi connectivity index (χ3v) is 8.49. The van der Waals surface area contributed by atoms with Crippen LogP contribution in [-0.2, 0) is 27.7 Å². The van der Waals surface area contributed by atoms with Crippen LogP contribution in [0.2, 0.25) is 5.02 Å². The van der Waals surface area contributed by atoms with Crippen LogP contribution >= 0.6 is 11.6 Å². The number of anilines is 1. The number of nitrogens with zero attached hydrogens (tertiary/aromatic N) is 3. The number of hydrogen-bond acceptors (Lipinski definition) is 7. The van der Waals surface area contributed by atoms with E-state index < -0.39 is 27.4 Å². The number of nitro groups is 1. The summed E-state index contributed by atoms with van der Waals surface area (Å²) in [6.45, 7) is 0.786. The van der Waals surface area contributed by atoms with Gasteiger partial charge >= 0.3 is 0 Å². The highest BCUT2D eigenvalue weighted by atomic mass is 35.5. The SMILES string of the molecule is COc1ccc(Cl)cc1N(CC(=O)NN=C(Cc1ccccc1)Cc1ccccc1)S(=O)(=O)c1ccc(C)c([N+](=O)[O-])c1. The fourth-order valence-electron chi connectivity index (χ4n) is 4.34. The molecule has 0 saturated carbocycles. The van der Waals surface area contributed by atoms with Gasteiger partial charge in [-0.25, -0.2) is 13.8 Å². The minimum atomic E-state index is -4.53. The number of nitro benzene ring substituents is 1. The zero-order chi connectivity index (χ0) is 31.0. The first-order valence-corrected chi connectivity index (χ1v) is 14.9. The number of methoxy groups -OCH3 is 1. The van der Waals surface area contributed by atoms with Gasteiger partial charge in [0.15, 0.2) is 0 Å². The Morgan fingerprint density at radius 1 is 0.953 bits per heavy atom. The van der Waals surface area contributed by atoms with Crippen LogP contribution in [0.25, 0.3) is 0 Å². The Balaban J connectivity index is 1.69. The third-order valence-electron chi connectivity index (χ3n) is 6.50. The topological polar surface area (TPSA) is 131 Å². The predicted molar refractivity (Wildman–Crippen MR) is 166 cm³/mol. The Kier molecular flexibility index (Phi) is 10.1. The van der Waals surface area contributed by atoms with Gasteiger partial charge in [-0.3, -0.25) is 19.2 Å². The molecule has 4 rings (SSSR count). The average molecular weight is 621 g/mol. The molecule has 0 unspecified atom stereocenters. The van der Waals surface area contributed by atoms with Gasteiger partial charge in [0.2, 0.25) is 0 Å². The van der Waals surface area contributed by atoms with E-state index in [1.807, 2.05) is 60.7 Å². The molecule has 43 heavy (non-hydrogen) atoms. The predicted octanol–water partition coefficient (Wildman–Crippen LogP) is 5.72. The third kappa shape index (κ3) is 7.97. The zero-order valence-electron chi connectivity index (χ0n) is 23.4. The van der Waals surface area contributed by atoms with Crippen molar-refractivity contribution < 1.29 is 22.9 Å². The van der Waals surface area contributed by atoms with E-state index in [9.17, 15) is 23.3 Å². The number of benzene rings is 4. The number of sulfonamides is 1. The summed E-state index contributed by atoms with van der Waals surface area (Å²) in [7, 11) is -3.18. The van der Waals surface area contributed by atoms with Gasteiger partial charge in [0, 0.05) is 35.2 Å². The molecule has 1 N–H and O–H groups in total. The van der Waals surface area contributed by atoms with Crippen LogP contribution in [0.3, 0.4) is 0 Å². The average Bonchev–Trinajstić information content (AvgIpc) is 2.99. The van der Waals surface area contributed by atoms with Crippen LogP contribution in [-0.4, -0.2) is 38.6 Å². The molecule has 4 aromatic carbocycles. The molecule has 0 atom stereocenters. The second-order valence-electron chi connectivity index (χ2n) is 9.57. The molecule has 0 spiro atoms. The first kappa shape index (κ1) is 31.2. The summed E-state index contributed by atoms with van der Waals surface area (Å²) in [6, 6.07) is 27.1. The number of aryl methyl sites for hydroxylation is 1. The lowest BCUT2D eigenvalue weighted by Crippen LogP contribution is -2.40. The summed E-state index contributed by atoms with van der Waals surface area (Å²) in [4.78, 5) is 23.8. The number of nitrogens with one attached hydrogen (secondary N) is 1. The summed E-state index contributed by atoms with van der Waals surface area (Å²) in [5.41, 5.74) is 5.01. The van der Waals surface area contributed by atoms with E-state index >= 15 is 0 Å². The maximum Gasteiger partial charge on any atom is 0.273 e. The monoisotopic (exact) mass is 620 g/mol. The number of halogens is 1. The van der Waals surface area contributed by atoms with Crippen LogP contribution in [0.1, 0.15) is 16.7 Å². The van der Waals surface area contributed by atoms with Crippen molar-refractivity contribution in [2.75, 3.05) is 18.0 Å². The number of hydrogen-bond donors (Lipinski definition) is 1. The number of hydrazone groups is 1. The van der Waals surface area contributed by atoms with Crippen LogP contribution in [0.5, 0.6) is 5.75 Å². The number of rotatable bonds is 12. The number of ether oxygens (including phenoxy) is 1. The highest BCUT2D eigenvalue weighted by Crippen LogP contribution is 2.35. The standard InChI is InChI=1S/C31H29ClN4O6S/c1-22-13-15-27(20-28(22)36(38)39)43(40,41)35(29-19-25(32)14-16-30(29)42-2)21-31(37)34-33-26(17-23-9-5-3-6-10-23)18-24-11-7-4-8-12-24/h3-16,19-20H,17-18,21H2,1-2H3,(H,34,37). The molecule has 4 aromatic rings. The molecule has 0 aliphatic rings. The summed E-state index contributed by atoms with van der Waals surface area (Å²) in [6.07, 6.45) is 0.903. The van der Waals surface area contributed by atoms with E-state index in [0.29, 0.717) is 18.6 Å². The Labute approximate surface area is 254 Å². The molecule has 1 amide bonds. The van der Waals surface area contributed by atoms with Crippen molar-refractivity contribution in [2.24, 2.45) is 5.10 Å². The number of amides is 1. The fraction of sp³-hybridized carbons (Fsp3) is 0.161. The first-order valence-electron chi connectivity index (χ1n) is 13.1. The van der Waals surface area contributed by atoms with E-state index in [2.05, 4.69) is 10.5 Å². The van der Waals surface area contributed by atoms with Gasteiger partial charge in [0.05, 0.1) is 22.6 Å². The number of carbonyl (C=O) groups is 1. The highest BCUT2D eigenvalue weighted by Gasteiger charge is 2.31. The van der Waals surface area contributed by atoms with E-state index in [1.54, 1.807) is 0 Å². The van der Waals surface area contributed by atoms with Gasteiger partial charge in [-0.2, -0.15) is 5.10 Å². The highest BCUT2D eigenvalue weighted by molar-refractivity contribution is 7.92. The van der Waals surface area contributed by atoms with Crippen molar-refractivity contribution in [3.8, 4) is 5.75 Å². The van der Waals surface area contributed by atoms with Crippen molar-refractivity contribution in [3.05, 3.63) is 129 Å². The first-order chi connectivity index (χ1) is 20.6. The largest absolute Gasteiger partial charge is 0.495 e. The lowest BCUT2D eigenvalue weighted by Gasteiger charge is -2.25. The second kappa shape index (κ2) is 14.0. The molecule has 0 radical (unpaired) electrons. The fourth-order valence-corrected chi connectivity index (χ4v) is 5.95. The Hall–Kier alpha value is -4.74. The Morgan fingerprint density at radius 2 is 1.56 bits per heavy atom. The summed E-state index contributed by atoms with van der Waals surface area (Å²) >= 11 is 6.21. The molecule has 0 saturated heterocycles. The maximum absolute atomic E-state index is 13.9. The van der Waals surface area contributed by atoms with Gasteiger partial charge in [-0.15, -0.1) is 0 Å². The number of carbonyl (C=O) groups excluding carboxylic acids is 1. The molecule has 0 fully saturated rings. The quantitative estimate of drug-likeness (QED) is 0.122. The molecule has 222 valence electrons. The maximum atomic E-state index is 13.9. The van der Waals surface area contributed by atoms with E-state index in [-0.39, 0.29) is 32.6 Å². The zero-order valence-corrected chi connectivity index (χ0v) is 25.0. The van der Waals surface area contributed by atoms with E-state index in [0.717, 1.165) is 21.5 Å². The van der Waals surface area contributed by atoms with Crippen molar-refractivity contribution in [1.82, 2.24) is 5.43 Å². The Morgan fingerprint density at radius 3 is 2.12 bits per heavy atom. The Bertz CT molecular complexity index is 1710. The van der Waals surface area contributed by atoms with Crippen molar-refractivity contribution in [1.29, 1.82) is 0 Å². The van der Waals surface area contributed by atoms with Crippen LogP contribution < -0.4 is 14.5 Å².